The van der Waals surface area contributed by atoms with Gasteiger partial charge in [0.15, 0.2) is 0 Å². The summed E-state index contributed by atoms with van der Waals surface area (Å²) >= 11 is 3.75. The molecule has 1 fully saturated rings. The molecule has 0 bridgehead atoms. The van der Waals surface area contributed by atoms with E-state index in [0.717, 1.165) is 6.42 Å². The van der Waals surface area contributed by atoms with E-state index in [-0.39, 0.29) is 6.10 Å². The van der Waals surface area contributed by atoms with Gasteiger partial charge in [-0.1, -0.05) is 6.42 Å². The molecule has 0 amide bonds. The minimum atomic E-state index is -0.0279. The zero-order valence-corrected chi connectivity index (χ0v) is 8.75. The molecule has 1 aliphatic carbocycles. The molecular weight excluding hydrogens is 176 g/mol. The van der Waals surface area contributed by atoms with Crippen LogP contribution in [0.15, 0.2) is 0 Å². The van der Waals surface area contributed by atoms with Crippen LogP contribution in [0.3, 0.4) is 0 Å². The summed E-state index contributed by atoms with van der Waals surface area (Å²) in [4.78, 5) is 0. The molecule has 0 saturated heterocycles. The fourth-order valence-electron chi connectivity index (χ4n) is 1.73. The zero-order chi connectivity index (χ0) is 8.27. The van der Waals surface area contributed by atoms with Gasteiger partial charge in [-0.05, 0) is 25.4 Å². The fraction of sp³-hybridized carbons (Fsp3) is 1.00. The number of aliphatic hydroxyl groups is 1. The second-order valence-corrected chi connectivity index (χ2v) is 5.26. The number of rotatable bonds is 3. The van der Waals surface area contributed by atoms with Crippen molar-refractivity contribution in [3.05, 3.63) is 0 Å². The zero-order valence-electron chi connectivity index (χ0n) is 7.12. The van der Waals surface area contributed by atoms with Crippen LogP contribution < -0.4 is 0 Å². The standard InChI is InChI=1S/C8H16OS2/c1-10-8(11-2)6-4-3-5-7(6)9/h6-9H,3-5H2,1-2H3. The fourth-order valence-corrected chi connectivity index (χ4v) is 3.84. The van der Waals surface area contributed by atoms with E-state index in [1.54, 1.807) is 0 Å². The van der Waals surface area contributed by atoms with E-state index in [0.29, 0.717) is 10.5 Å². The molecule has 2 unspecified atom stereocenters. The van der Waals surface area contributed by atoms with E-state index in [1.165, 1.54) is 12.8 Å². The average molecular weight is 192 g/mol. The van der Waals surface area contributed by atoms with E-state index < -0.39 is 0 Å². The molecule has 1 N–H and O–H groups in total. The number of hydrogen-bond acceptors (Lipinski definition) is 3. The molecule has 3 heteroatoms. The van der Waals surface area contributed by atoms with Crippen molar-refractivity contribution in [1.29, 1.82) is 0 Å². The van der Waals surface area contributed by atoms with E-state index in [4.69, 9.17) is 0 Å². The lowest BCUT2D eigenvalue weighted by Gasteiger charge is -2.22. The van der Waals surface area contributed by atoms with Crippen molar-refractivity contribution < 1.29 is 5.11 Å². The van der Waals surface area contributed by atoms with Crippen molar-refractivity contribution in [2.24, 2.45) is 5.92 Å². The molecule has 11 heavy (non-hydrogen) atoms. The van der Waals surface area contributed by atoms with Gasteiger partial charge in [0, 0.05) is 5.92 Å². The maximum Gasteiger partial charge on any atom is 0.0587 e. The Labute approximate surface area is 77.3 Å². The van der Waals surface area contributed by atoms with Crippen LogP contribution in [0.1, 0.15) is 19.3 Å². The third kappa shape index (κ3) is 2.30. The molecule has 1 saturated carbocycles. The van der Waals surface area contributed by atoms with Crippen molar-refractivity contribution in [2.75, 3.05) is 12.5 Å². The first kappa shape index (κ1) is 9.75. The van der Waals surface area contributed by atoms with Crippen LogP contribution in [0.2, 0.25) is 0 Å². The monoisotopic (exact) mass is 192 g/mol. The minimum absolute atomic E-state index is 0.0279. The summed E-state index contributed by atoms with van der Waals surface area (Å²) in [6.07, 6.45) is 7.68. The quantitative estimate of drug-likeness (QED) is 0.692. The van der Waals surface area contributed by atoms with Gasteiger partial charge in [-0.2, -0.15) is 23.5 Å². The summed E-state index contributed by atoms with van der Waals surface area (Å²) in [7, 11) is 0. The highest BCUT2D eigenvalue weighted by atomic mass is 32.2. The van der Waals surface area contributed by atoms with Gasteiger partial charge in [-0.3, -0.25) is 0 Å². The summed E-state index contributed by atoms with van der Waals surface area (Å²) in [6.45, 7) is 0. The summed E-state index contributed by atoms with van der Waals surface area (Å²) < 4.78 is 0.604. The van der Waals surface area contributed by atoms with E-state index in [9.17, 15) is 5.11 Å². The van der Waals surface area contributed by atoms with E-state index >= 15 is 0 Å². The first-order valence-corrected chi connectivity index (χ1v) is 6.61. The Morgan fingerprint density at radius 3 is 2.27 bits per heavy atom. The third-order valence-electron chi connectivity index (χ3n) is 2.35. The van der Waals surface area contributed by atoms with Crippen LogP contribution in [0, 0.1) is 5.92 Å². The maximum atomic E-state index is 9.59. The second kappa shape index (κ2) is 4.63. The third-order valence-corrected chi connectivity index (χ3v) is 5.13. The molecule has 66 valence electrons. The molecule has 2 atom stereocenters. The number of aliphatic hydroxyl groups excluding tert-OH is 1. The largest absolute Gasteiger partial charge is 0.393 e. The maximum absolute atomic E-state index is 9.59. The van der Waals surface area contributed by atoms with Crippen molar-refractivity contribution in [3.63, 3.8) is 0 Å². The molecule has 1 rings (SSSR count). The SMILES string of the molecule is CSC(SC)C1CCCC1O. The van der Waals surface area contributed by atoms with Crippen molar-refractivity contribution >= 4 is 23.5 Å². The average Bonchev–Trinajstić information content (AvgIpc) is 2.40. The van der Waals surface area contributed by atoms with Crippen LogP contribution >= 0.6 is 23.5 Å². The van der Waals surface area contributed by atoms with Gasteiger partial charge in [0.25, 0.3) is 0 Å². The molecule has 0 aromatic carbocycles. The van der Waals surface area contributed by atoms with Crippen LogP contribution in [0.25, 0.3) is 0 Å². The Morgan fingerprint density at radius 1 is 1.27 bits per heavy atom. The Morgan fingerprint density at radius 2 is 1.91 bits per heavy atom. The lowest BCUT2D eigenvalue weighted by Crippen LogP contribution is -2.22. The van der Waals surface area contributed by atoms with Gasteiger partial charge in [0.1, 0.15) is 0 Å². The molecule has 0 aromatic heterocycles. The lowest BCUT2D eigenvalue weighted by molar-refractivity contribution is 0.140. The molecular formula is C8H16OS2. The normalized spacial score (nSPS) is 31.6. The first-order chi connectivity index (χ1) is 5.29. The van der Waals surface area contributed by atoms with Crippen molar-refractivity contribution in [3.8, 4) is 0 Å². The van der Waals surface area contributed by atoms with Gasteiger partial charge in [0.05, 0.1) is 10.7 Å². The predicted molar refractivity (Wildman–Crippen MR) is 54.2 cm³/mol. The minimum Gasteiger partial charge on any atom is -0.393 e. The van der Waals surface area contributed by atoms with E-state index in [1.807, 2.05) is 23.5 Å². The molecule has 0 radical (unpaired) electrons. The molecule has 0 heterocycles. The first-order valence-electron chi connectivity index (χ1n) is 4.03. The molecule has 0 aliphatic heterocycles. The summed E-state index contributed by atoms with van der Waals surface area (Å²) in [6, 6.07) is 0. The van der Waals surface area contributed by atoms with Crippen molar-refractivity contribution in [2.45, 2.75) is 29.9 Å². The van der Waals surface area contributed by atoms with Crippen LogP contribution in [-0.2, 0) is 0 Å². The summed E-state index contributed by atoms with van der Waals surface area (Å²) in [5, 5.41) is 9.59. The highest BCUT2D eigenvalue weighted by Gasteiger charge is 2.31. The van der Waals surface area contributed by atoms with Gasteiger partial charge < -0.3 is 5.11 Å². The van der Waals surface area contributed by atoms with Crippen LogP contribution in [0.4, 0.5) is 0 Å². The highest BCUT2D eigenvalue weighted by molar-refractivity contribution is 8.16. The number of hydrogen-bond donors (Lipinski definition) is 1. The van der Waals surface area contributed by atoms with E-state index in [2.05, 4.69) is 12.5 Å². The summed E-state index contributed by atoms with van der Waals surface area (Å²) in [5.41, 5.74) is 0. The number of thioether (sulfide) groups is 2. The van der Waals surface area contributed by atoms with Crippen molar-refractivity contribution in [1.82, 2.24) is 0 Å². The lowest BCUT2D eigenvalue weighted by atomic mass is 10.1. The van der Waals surface area contributed by atoms with Gasteiger partial charge >= 0.3 is 0 Å². The predicted octanol–water partition coefficient (Wildman–Crippen LogP) is 2.20. The highest BCUT2D eigenvalue weighted by Crippen LogP contribution is 2.37. The Kier molecular flexibility index (Phi) is 4.10. The van der Waals surface area contributed by atoms with Gasteiger partial charge in [-0.25, -0.2) is 0 Å². The Bertz CT molecular complexity index is 115. The smallest absolute Gasteiger partial charge is 0.0587 e. The molecule has 1 nitrogen and oxygen atoms in total. The van der Waals surface area contributed by atoms with Gasteiger partial charge in [0.2, 0.25) is 0 Å². The van der Waals surface area contributed by atoms with Crippen LogP contribution in [0.5, 0.6) is 0 Å². The van der Waals surface area contributed by atoms with Gasteiger partial charge in [-0.15, -0.1) is 0 Å². The Hall–Kier alpha value is 0.660. The molecule has 0 aromatic rings. The second-order valence-electron chi connectivity index (χ2n) is 3.00. The Balaban J connectivity index is 2.43. The summed E-state index contributed by atoms with van der Waals surface area (Å²) in [5.74, 6) is 0.542. The molecule has 1 aliphatic rings. The molecule has 0 spiro atoms. The topological polar surface area (TPSA) is 20.2 Å². The van der Waals surface area contributed by atoms with Crippen LogP contribution in [-0.4, -0.2) is 28.3 Å².